The first-order valence-electron chi connectivity index (χ1n) is 6.48. The van der Waals surface area contributed by atoms with Crippen molar-refractivity contribution in [1.29, 1.82) is 0 Å². The molecule has 0 saturated heterocycles. The maximum absolute atomic E-state index is 11.6. The first-order chi connectivity index (χ1) is 9.20. The molecule has 1 aromatic heterocycles. The van der Waals surface area contributed by atoms with Crippen LogP contribution in [-0.2, 0) is 27.5 Å². The van der Waals surface area contributed by atoms with Gasteiger partial charge in [0.05, 0.1) is 5.92 Å². The zero-order valence-electron chi connectivity index (χ0n) is 11.8. The van der Waals surface area contributed by atoms with Gasteiger partial charge in [-0.05, 0) is 38.7 Å². The lowest BCUT2D eigenvalue weighted by Crippen LogP contribution is -2.25. The third-order valence-electron chi connectivity index (χ3n) is 3.85. The summed E-state index contributed by atoms with van der Waals surface area (Å²) in [5.74, 6) is -0.899. The summed E-state index contributed by atoms with van der Waals surface area (Å²) in [7, 11) is -3.24. The van der Waals surface area contributed by atoms with Crippen molar-refractivity contribution in [3.8, 4) is 0 Å². The molecule has 0 bridgehead atoms. The van der Waals surface area contributed by atoms with Gasteiger partial charge in [0.15, 0.2) is 9.84 Å². The summed E-state index contributed by atoms with van der Waals surface area (Å²) >= 11 is 0. The van der Waals surface area contributed by atoms with E-state index in [-0.39, 0.29) is 0 Å². The van der Waals surface area contributed by atoms with Crippen molar-refractivity contribution >= 4 is 15.8 Å². The van der Waals surface area contributed by atoms with Crippen LogP contribution in [0.1, 0.15) is 41.4 Å². The van der Waals surface area contributed by atoms with Gasteiger partial charge < -0.3 is 5.11 Å². The second-order valence-electron chi connectivity index (χ2n) is 5.34. The van der Waals surface area contributed by atoms with E-state index in [1.807, 2.05) is 0 Å². The topological polar surface area (TPSA) is 97.2 Å². The van der Waals surface area contributed by atoms with Gasteiger partial charge in [-0.25, -0.2) is 18.4 Å². The van der Waals surface area contributed by atoms with Crippen LogP contribution in [0.2, 0.25) is 0 Å². The van der Waals surface area contributed by atoms with Gasteiger partial charge in [0.1, 0.15) is 11.1 Å². The number of rotatable bonds is 3. The monoisotopic (exact) mass is 298 g/mol. The Bertz CT molecular complexity index is 655. The van der Waals surface area contributed by atoms with E-state index in [4.69, 9.17) is 5.11 Å². The van der Waals surface area contributed by atoms with Crippen molar-refractivity contribution in [3.63, 3.8) is 0 Å². The summed E-state index contributed by atoms with van der Waals surface area (Å²) in [6, 6.07) is 0. The van der Waals surface area contributed by atoms with E-state index >= 15 is 0 Å². The molecular weight excluding hydrogens is 280 g/mol. The average Bonchev–Trinajstić information content (AvgIpc) is 2.36. The molecule has 1 aliphatic carbocycles. The number of aromatic nitrogens is 2. The summed E-state index contributed by atoms with van der Waals surface area (Å²) in [4.78, 5) is 19.7. The number of carboxylic acid groups (broad SMARTS) is 1. The van der Waals surface area contributed by atoms with Gasteiger partial charge in [-0.15, -0.1) is 0 Å². The third kappa shape index (κ3) is 2.82. The molecule has 1 aliphatic rings. The molecular formula is C13H18N2O4S. The lowest BCUT2D eigenvalue weighted by Gasteiger charge is -2.23. The fourth-order valence-electron chi connectivity index (χ4n) is 2.39. The van der Waals surface area contributed by atoms with E-state index in [0.717, 1.165) is 17.5 Å². The molecule has 0 fully saturated rings. The number of aliphatic carboxylic acids is 1. The Balaban J connectivity index is 2.41. The van der Waals surface area contributed by atoms with Gasteiger partial charge in [0, 0.05) is 17.6 Å². The first-order valence-corrected chi connectivity index (χ1v) is 8.43. The Morgan fingerprint density at radius 3 is 2.60 bits per heavy atom. The smallest absolute Gasteiger partial charge is 0.306 e. The highest BCUT2D eigenvalue weighted by atomic mass is 32.2. The number of aryl methyl sites for hydroxylation is 2. The average molecular weight is 298 g/mol. The van der Waals surface area contributed by atoms with E-state index in [1.54, 1.807) is 13.8 Å². The van der Waals surface area contributed by atoms with Crippen molar-refractivity contribution in [2.24, 2.45) is 5.92 Å². The molecule has 0 spiro atoms. The van der Waals surface area contributed by atoms with Crippen LogP contribution in [-0.4, -0.2) is 35.7 Å². The lowest BCUT2D eigenvalue weighted by molar-refractivity contribution is -0.142. The Kier molecular flexibility index (Phi) is 3.82. The standard InChI is InChI=1S/C13H18N2O4S/c1-7-10-6-9(13(16)17)4-5-11(10)15-12(14-7)8(2)20(3,18)19/h8-9H,4-6H2,1-3H3,(H,16,17). The van der Waals surface area contributed by atoms with Crippen molar-refractivity contribution in [1.82, 2.24) is 9.97 Å². The third-order valence-corrected chi connectivity index (χ3v) is 5.35. The normalized spacial score (nSPS) is 20.2. The molecule has 7 heteroatoms. The molecule has 0 aliphatic heterocycles. The van der Waals surface area contributed by atoms with E-state index in [9.17, 15) is 13.2 Å². The maximum Gasteiger partial charge on any atom is 0.306 e. The van der Waals surface area contributed by atoms with Crippen LogP contribution in [0.3, 0.4) is 0 Å². The van der Waals surface area contributed by atoms with Crippen LogP contribution in [0.15, 0.2) is 0 Å². The summed E-state index contributed by atoms with van der Waals surface area (Å²) < 4.78 is 23.2. The molecule has 0 saturated carbocycles. The summed E-state index contributed by atoms with van der Waals surface area (Å²) in [6.07, 6.45) is 2.67. The van der Waals surface area contributed by atoms with Crippen LogP contribution in [0.4, 0.5) is 0 Å². The Morgan fingerprint density at radius 2 is 2.05 bits per heavy atom. The summed E-state index contributed by atoms with van der Waals surface area (Å²) in [6.45, 7) is 3.35. The first kappa shape index (κ1) is 14.9. The van der Waals surface area contributed by atoms with Gasteiger partial charge >= 0.3 is 5.97 Å². The van der Waals surface area contributed by atoms with E-state index in [2.05, 4.69) is 9.97 Å². The molecule has 110 valence electrons. The van der Waals surface area contributed by atoms with Gasteiger partial charge in [0.2, 0.25) is 0 Å². The van der Waals surface area contributed by atoms with Crippen molar-refractivity contribution < 1.29 is 18.3 Å². The maximum atomic E-state index is 11.6. The Hall–Kier alpha value is -1.50. The molecule has 2 rings (SSSR count). The quantitative estimate of drug-likeness (QED) is 0.896. The second kappa shape index (κ2) is 5.12. The summed E-state index contributed by atoms with van der Waals surface area (Å²) in [5, 5.41) is 8.34. The van der Waals surface area contributed by atoms with Crippen molar-refractivity contribution in [2.75, 3.05) is 6.26 Å². The van der Waals surface area contributed by atoms with Crippen molar-refractivity contribution in [3.05, 3.63) is 22.8 Å². The molecule has 2 unspecified atom stereocenters. The van der Waals surface area contributed by atoms with Gasteiger partial charge in [-0.2, -0.15) is 0 Å². The minimum absolute atomic E-state index is 0.303. The van der Waals surface area contributed by atoms with Crippen LogP contribution >= 0.6 is 0 Å². The molecule has 1 heterocycles. The highest BCUT2D eigenvalue weighted by Gasteiger charge is 2.29. The molecule has 2 atom stereocenters. The highest BCUT2D eigenvalue weighted by molar-refractivity contribution is 7.90. The predicted octanol–water partition coefficient (Wildman–Crippen LogP) is 1.08. The SMILES string of the molecule is Cc1nc(C(C)S(C)(=O)=O)nc2c1CC(C(=O)O)CC2. The molecule has 1 N–H and O–H groups in total. The van der Waals surface area contributed by atoms with Crippen LogP contribution < -0.4 is 0 Å². The van der Waals surface area contributed by atoms with Crippen molar-refractivity contribution in [2.45, 2.75) is 38.4 Å². The van der Waals surface area contributed by atoms with E-state index < -0.39 is 27.0 Å². The predicted molar refractivity (Wildman–Crippen MR) is 73.2 cm³/mol. The molecule has 1 aromatic rings. The zero-order valence-corrected chi connectivity index (χ0v) is 12.6. The highest BCUT2D eigenvalue weighted by Crippen LogP contribution is 2.28. The number of nitrogens with zero attached hydrogens (tertiary/aromatic N) is 2. The number of carbonyl (C=O) groups is 1. The zero-order chi connectivity index (χ0) is 15.1. The molecule has 0 aromatic carbocycles. The van der Waals surface area contributed by atoms with Gasteiger partial charge in [0.25, 0.3) is 0 Å². The molecule has 6 nitrogen and oxygen atoms in total. The molecule has 0 amide bonds. The lowest BCUT2D eigenvalue weighted by atomic mass is 9.86. The fraction of sp³-hybridized carbons (Fsp3) is 0.615. The molecule has 20 heavy (non-hydrogen) atoms. The van der Waals surface area contributed by atoms with Crippen LogP contribution in [0, 0.1) is 12.8 Å². The van der Waals surface area contributed by atoms with Gasteiger partial charge in [-0.1, -0.05) is 0 Å². The fourth-order valence-corrected chi connectivity index (χ4v) is 2.88. The number of fused-ring (bicyclic) bond motifs is 1. The largest absolute Gasteiger partial charge is 0.481 e. The van der Waals surface area contributed by atoms with E-state index in [1.165, 1.54) is 0 Å². The Morgan fingerprint density at radius 1 is 1.40 bits per heavy atom. The van der Waals surface area contributed by atoms with Crippen LogP contribution in [0.25, 0.3) is 0 Å². The summed E-state index contributed by atoms with van der Waals surface area (Å²) in [5.41, 5.74) is 2.33. The van der Waals surface area contributed by atoms with Gasteiger partial charge in [-0.3, -0.25) is 4.79 Å². The minimum atomic E-state index is -3.24. The Labute approximate surface area is 118 Å². The second-order valence-corrected chi connectivity index (χ2v) is 7.71. The number of hydrogen-bond donors (Lipinski definition) is 1. The molecule has 0 radical (unpaired) electrons. The van der Waals surface area contributed by atoms with Crippen LogP contribution in [0.5, 0.6) is 0 Å². The number of sulfone groups is 1. The number of carboxylic acids is 1. The number of hydrogen-bond acceptors (Lipinski definition) is 5. The minimum Gasteiger partial charge on any atom is -0.481 e. The van der Waals surface area contributed by atoms with E-state index in [0.29, 0.717) is 30.8 Å².